The number of rotatable bonds is 7. The summed E-state index contributed by atoms with van der Waals surface area (Å²) in [4.78, 5) is 10.5. The van der Waals surface area contributed by atoms with Crippen LogP contribution < -0.4 is 15.8 Å². The Bertz CT molecular complexity index is 402. The van der Waals surface area contributed by atoms with Gasteiger partial charge in [0.05, 0.1) is 13.0 Å². The van der Waals surface area contributed by atoms with Crippen molar-refractivity contribution >= 4 is 5.91 Å². The van der Waals surface area contributed by atoms with E-state index in [1.54, 1.807) is 0 Å². The van der Waals surface area contributed by atoms with Gasteiger partial charge in [0.1, 0.15) is 0 Å². The maximum Gasteiger partial charge on any atom is 0.220 e. The average molecular weight is 258 g/mol. The van der Waals surface area contributed by atoms with Gasteiger partial charge in [-0.1, -0.05) is 6.92 Å². The number of ether oxygens (including phenoxy) is 1. The largest absolute Gasteiger partial charge is 0.487 e. The third kappa shape index (κ3) is 4.29. The maximum atomic E-state index is 13.6. The standard InChI is InChI=1S/C12H16F2N2O2/c1-2-16-7-8-5-9(13)12(10(14)6-8)18-4-3-11(15)17/h5-6,16H,2-4,7H2,1H3,(H2,15,17). The highest BCUT2D eigenvalue weighted by molar-refractivity contribution is 5.73. The summed E-state index contributed by atoms with van der Waals surface area (Å²) in [5, 5.41) is 2.96. The maximum absolute atomic E-state index is 13.6. The molecule has 0 radical (unpaired) electrons. The van der Waals surface area contributed by atoms with Gasteiger partial charge in [0.2, 0.25) is 5.91 Å². The zero-order chi connectivity index (χ0) is 13.5. The molecule has 3 N–H and O–H groups in total. The van der Waals surface area contributed by atoms with Gasteiger partial charge in [-0.3, -0.25) is 4.79 Å². The second kappa shape index (κ2) is 6.90. The lowest BCUT2D eigenvalue weighted by Crippen LogP contribution is -2.16. The molecule has 6 heteroatoms. The Hall–Kier alpha value is -1.69. The lowest BCUT2D eigenvalue weighted by Gasteiger charge is -2.09. The number of hydrogen-bond donors (Lipinski definition) is 2. The Morgan fingerprint density at radius 2 is 2.00 bits per heavy atom. The molecule has 0 unspecified atom stereocenters. The minimum Gasteiger partial charge on any atom is -0.487 e. The summed E-state index contributed by atoms with van der Waals surface area (Å²) >= 11 is 0. The molecular weight excluding hydrogens is 242 g/mol. The van der Waals surface area contributed by atoms with Gasteiger partial charge in [-0.05, 0) is 24.2 Å². The van der Waals surface area contributed by atoms with E-state index in [4.69, 9.17) is 10.5 Å². The normalized spacial score (nSPS) is 10.4. The SMILES string of the molecule is CCNCc1cc(F)c(OCCC(N)=O)c(F)c1. The third-order valence-corrected chi connectivity index (χ3v) is 2.23. The summed E-state index contributed by atoms with van der Waals surface area (Å²) in [6.07, 6.45) is -0.0853. The Morgan fingerprint density at radius 3 is 2.50 bits per heavy atom. The van der Waals surface area contributed by atoms with Crippen molar-refractivity contribution in [3.05, 3.63) is 29.3 Å². The van der Waals surface area contributed by atoms with E-state index < -0.39 is 23.3 Å². The summed E-state index contributed by atoms with van der Waals surface area (Å²) < 4.78 is 32.0. The first-order valence-electron chi connectivity index (χ1n) is 5.64. The fourth-order valence-corrected chi connectivity index (χ4v) is 1.38. The lowest BCUT2D eigenvalue weighted by atomic mass is 10.2. The molecule has 0 fully saturated rings. The Labute approximate surface area is 104 Å². The number of benzene rings is 1. The number of nitrogens with one attached hydrogen (secondary N) is 1. The molecule has 1 amide bonds. The molecular formula is C12H16F2N2O2. The van der Waals surface area contributed by atoms with Crippen LogP contribution in [0.4, 0.5) is 8.78 Å². The molecule has 0 aliphatic carbocycles. The van der Waals surface area contributed by atoms with Crippen molar-refractivity contribution in [3.8, 4) is 5.75 Å². The quantitative estimate of drug-likeness (QED) is 0.775. The van der Waals surface area contributed by atoms with E-state index in [-0.39, 0.29) is 13.0 Å². The highest BCUT2D eigenvalue weighted by Gasteiger charge is 2.12. The molecule has 0 saturated carbocycles. The second-order valence-corrected chi connectivity index (χ2v) is 3.73. The monoisotopic (exact) mass is 258 g/mol. The van der Waals surface area contributed by atoms with Gasteiger partial charge < -0.3 is 15.8 Å². The number of halogens is 2. The van der Waals surface area contributed by atoms with Crippen molar-refractivity contribution in [2.24, 2.45) is 5.73 Å². The van der Waals surface area contributed by atoms with Crippen LogP contribution in [0.3, 0.4) is 0 Å². The number of carbonyl (C=O) groups excluding carboxylic acids is 1. The van der Waals surface area contributed by atoms with Crippen LogP contribution in [0, 0.1) is 11.6 Å². The molecule has 0 saturated heterocycles. The van der Waals surface area contributed by atoms with Crippen LogP contribution in [-0.2, 0) is 11.3 Å². The van der Waals surface area contributed by atoms with Gasteiger partial charge in [0.25, 0.3) is 0 Å². The molecule has 1 aromatic rings. The molecule has 1 rings (SSSR count). The first-order chi connectivity index (χ1) is 8.54. The van der Waals surface area contributed by atoms with E-state index in [9.17, 15) is 13.6 Å². The molecule has 18 heavy (non-hydrogen) atoms. The molecule has 100 valence electrons. The predicted octanol–water partition coefficient (Wildman–Crippen LogP) is 1.33. The Balaban J connectivity index is 2.71. The van der Waals surface area contributed by atoms with Gasteiger partial charge in [-0.15, -0.1) is 0 Å². The number of carbonyl (C=O) groups is 1. The first kappa shape index (κ1) is 14.4. The molecule has 0 aliphatic heterocycles. The number of hydrogen-bond acceptors (Lipinski definition) is 3. The van der Waals surface area contributed by atoms with Crippen molar-refractivity contribution in [2.45, 2.75) is 19.9 Å². The van der Waals surface area contributed by atoms with Crippen LogP contribution in [0.15, 0.2) is 12.1 Å². The Morgan fingerprint density at radius 1 is 1.39 bits per heavy atom. The highest BCUT2D eigenvalue weighted by Crippen LogP contribution is 2.23. The van der Waals surface area contributed by atoms with Crippen molar-refractivity contribution in [3.63, 3.8) is 0 Å². The van der Waals surface area contributed by atoms with Crippen LogP contribution in [-0.4, -0.2) is 19.1 Å². The summed E-state index contributed by atoms with van der Waals surface area (Å²) in [5.74, 6) is -2.63. The van der Waals surface area contributed by atoms with Gasteiger partial charge in [-0.2, -0.15) is 0 Å². The van der Waals surface area contributed by atoms with E-state index in [1.807, 2.05) is 6.92 Å². The van der Waals surface area contributed by atoms with Gasteiger partial charge in [0.15, 0.2) is 17.4 Å². The van der Waals surface area contributed by atoms with Crippen LogP contribution in [0.2, 0.25) is 0 Å². The first-order valence-corrected chi connectivity index (χ1v) is 5.64. The van der Waals surface area contributed by atoms with Crippen molar-refractivity contribution < 1.29 is 18.3 Å². The molecule has 0 heterocycles. The summed E-state index contributed by atoms with van der Waals surface area (Å²) in [5.41, 5.74) is 5.39. The minimum atomic E-state index is -0.785. The topological polar surface area (TPSA) is 64.3 Å². The zero-order valence-electron chi connectivity index (χ0n) is 10.1. The van der Waals surface area contributed by atoms with Crippen LogP contribution in [0.5, 0.6) is 5.75 Å². The second-order valence-electron chi connectivity index (χ2n) is 3.73. The van der Waals surface area contributed by atoms with Crippen molar-refractivity contribution in [2.75, 3.05) is 13.2 Å². The van der Waals surface area contributed by atoms with Crippen molar-refractivity contribution in [1.29, 1.82) is 0 Å². The fraction of sp³-hybridized carbons (Fsp3) is 0.417. The van der Waals surface area contributed by atoms with Crippen LogP contribution in [0.1, 0.15) is 18.9 Å². The van der Waals surface area contributed by atoms with E-state index in [1.165, 1.54) is 12.1 Å². The average Bonchev–Trinajstić information content (AvgIpc) is 2.29. The highest BCUT2D eigenvalue weighted by atomic mass is 19.1. The summed E-state index contributed by atoms with van der Waals surface area (Å²) in [6, 6.07) is 2.40. The number of nitrogens with two attached hydrogens (primary N) is 1. The third-order valence-electron chi connectivity index (χ3n) is 2.23. The van der Waals surface area contributed by atoms with E-state index in [0.29, 0.717) is 18.7 Å². The lowest BCUT2D eigenvalue weighted by molar-refractivity contribution is -0.118. The number of amides is 1. The van der Waals surface area contributed by atoms with Gasteiger partial charge in [0, 0.05) is 6.54 Å². The zero-order valence-corrected chi connectivity index (χ0v) is 10.1. The van der Waals surface area contributed by atoms with Gasteiger partial charge >= 0.3 is 0 Å². The predicted molar refractivity (Wildman–Crippen MR) is 63.0 cm³/mol. The molecule has 0 aliphatic rings. The smallest absolute Gasteiger partial charge is 0.220 e. The fourth-order valence-electron chi connectivity index (χ4n) is 1.38. The summed E-state index contributed by atoms with van der Waals surface area (Å²) in [7, 11) is 0. The van der Waals surface area contributed by atoms with E-state index in [2.05, 4.69) is 5.32 Å². The molecule has 0 spiro atoms. The minimum absolute atomic E-state index is 0.0853. The molecule has 1 aromatic carbocycles. The molecule has 0 bridgehead atoms. The summed E-state index contributed by atoms with van der Waals surface area (Å²) in [6.45, 7) is 2.84. The molecule has 0 atom stereocenters. The van der Waals surface area contributed by atoms with E-state index in [0.717, 1.165) is 0 Å². The number of primary amides is 1. The molecule has 4 nitrogen and oxygen atoms in total. The van der Waals surface area contributed by atoms with E-state index >= 15 is 0 Å². The van der Waals surface area contributed by atoms with Crippen LogP contribution in [0.25, 0.3) is 0 Å². The van der Waals surface area contributed by atoms with Crippen molar-refractivity contribution in [1.82, 2.24) is 5.32 Å². The van der Waals surface area contributed by atoms with Crippen LogP contribution >= 0.6 is 0 Å². The van der Waals surface area contributed by atoms with Gasteiger partial charge in [-0.25, -0.2) is 8.78 Å². The Kier molecular flexibility index (Phi) is 5.51. The molecule has 0 aromatic heterocycles.